The quantitative estimate of drug-likeness (QED) is 0.848. The van der Waals surface area contributed by atoms with Gasteiger partial charge in [0.2, 0.25) is 5.91 Å². The van der Waals surface area contributed by atoms with Gasteiger partial charge < -0.3 is 10.0 Å². The number of hydrogen-bond acceptors (Lipinski definition) is 3. The molecular weight excluding hydrogens is 246 g/mol. The van der Waals surface area contributed by atoms with Crippen LogP contribution in [0.15, 0.2) is 24.4 Å². The van der Waals surface area contributed by atoms with Crippen LogP contribution in [0.4, 0.5) is 5.69 Å². The second kappa shape index (κ2) is 3.94. The normalized spacial score (nSPS) is 13.7. The van der Waals surface area contributed by atoms with Crippen LogP contribution in [0.3, 0.4) is 0 Å². The molecule has 6 nitrogen and oxygen atoms in total. The first-order valence-corrected chi connectivity index (χ1v) is 5.74. The highest BCUT2D eigenvalue weighted by molar-refractivity contribution is 6.02. The fourth-order valence-electron chi connectivity index (χ4n) is 2.29. The van der Waals surface area contributed by atoms with Crippen molar-refractivity contribution in [1.29, 1.82) is 0 Å². The molecule has 0 atom stereocenters. The minimum absolute atomic E-state index is 0.0372. The van der Waals surface area contributed by atoms with Crippen LogP contribution in [0, 0.1) is 0 Å². The number of amides is 1. The Balaban J connectivity index is 2.09. The number of H-pyrrole nitrogens is 1. The SMILES string of the molecule is CN1C(=O)Cc2cc(-c3[nH]ncc3C(=O)O)ccc21. The van der Waals surface area contributed by atoms with E-state index in [1.807, 2.05) is 12.1 Å². The highest BCUT2D eigenvalue weighted by atomic mass is 16.4. The van der Waals surface area contributed by atoms with E-state index in [9.17, 15) is 9.59 Å². The number of rotatable bonds is 2. The molecule has 0 spiro atoms. The van der Waals surface area contributed by atoms with Gasteiger partial charge in [-0.05, 0) is 17.7 Å². The largest absolute Gasteiger partial charge is 0.478 e. The summed E-state index contributed by atoms with van der Waals surface area (Å²) in [5.41, 5.74) is 3.06. The van der Waals surface area contributed by atoms with E-state index in [0.717, 1.165) is 16.8 Å². The molecule has 0 saturated carbocycles. The maximum Gasteiger partial charge on any atom is 0.339 e. The number of hydrogen-bond donors (Lipinski definition) is 2. The summed E-state index contributed by atoms with van der Waals surface area (Å²) < 4.78 is 0. The molecule has 0 saturated heterocycles. The third-order valence-electron chi connectivity index (χ3n) is 3.32. The Kier molecular flexibility index (Phi) is 2.38. The van der Waals surface area contributed by atoms with Gasteiger partial charge in [-0.2, -0.15) is 5.10 Å². The number of carboxylic acids is 1. The zero-order chi connectivity index (χ0) is 13.6. The summed E-state index contributed by atoms with van der Waals surface area (Å²) in [6.45, 7) is 0. The monoisotopic (exact) mass is 257 g/mol. The number of anilines is 1. The Labute approximate surface area is 108 Å². The molecule has 6 heteroatoms. The molecule has 3 rings (SSSR count). The maximum atomic E-state index is 11.6. The molecule has 2 aromatic rings. The average Bonchev–Trinajstić information content (AvgIpc) is 2.95. The average molecular weight is 257 g/mol. The molecule has 2 heterocycles. The van der Waals surface area contributed by atoms with Crippen LogP contribution in [0.25, 0.3) is 11.3 Å². The van der Waals surface area contributed by atoms with E-state index in [0.29, 0.717) is 12.1 Å². The van der Waals surface area contributed by atoms with Gasteiger partial charge in [0, 0.05) is 18.3 Å². The molecule has 0 fully saturated rings. The van der Waals surface area contributed by atoms with Crippen molar-refractivity contribution in [3.8, 4) is 11.3 Å². The van der Waals surface area contributed by atoms with Crippen molar-refractivity contribution in [3.63, 3.8) is 0 Å². The molecular formula is C13H11N3O3. The summed E-state index contributed by atoms with van der Waals surface area (Å²) >= 11 is 0. The Morgan fingerprint density at radius 1 is 1.47 bits per heavy atom. The lowest BCUT2D eigenvalue weighted by Crippen LogP contribution is -2.20. The third kappa shape index (κ3) is 1.69. The van der Waals surface area contributed by atoms with E-state index in [-0.39, 0.29) is 11.5 Å². The van der Waals surface area contributed by atoms with E-state index >= 15 is 0 Å². The van der Waals surface area contributed by atoms with Crippen LogP contribution in [0.5, 0.6) is 0 Å². The Morgan fingerprint density at radius 2 is 2.26 bits per heavy atom. The zero-order valence-corrected chi connectivity index (χ0v) is 10.2. The van der Waals surface area contributed by atoms with Crippen molar-refractivity contribution in [3.05, 3.63) is 35.5 Å². The van der Waals surface area contributed by atoms with Crippen molar-refractivity contribution < 1.29 is 14.7 Å². The van der Waals surface area contributed by atoms with Crippen molar-refractivity contribution in [2.75, 3.05) is 11.9 Å². The second-order valence-electron chi connectivity index (χ2n) is 4.44. The number of fused-ring (bicyclic) bond motifs is 1. The minimum atomic E-state index is -1.03. The van der Waals surface area contributed by atoms with E-state index in [4.69, 9.17) is 5.11 Å². The molecule has 96 valence electrons. The first-order chi connectivity index (χ1) is 9.08. The molecule has 0 aliphatic carbocycles. The molecule has 19 heavy (non-hydrogen) atoms. The first-order valence-electron chi connectivity index (χ1n) is 5.74. The van der Waals surface area contributed by atoms with Gasteiger partial charge >= 0.3 is 5.97 Å². The smallest absolute Gasteiger partial charge is 0.339 e. The highest BCUT2D eigenvalue weighted by Gasteiger charge is 2.25. The van der Waals surface area contributed by atoms with Crippen molar-refractivity contribution >= 4 is 17.6 Å². The predicted octanol–water partition coefficient (Wildman–Crippen LogP) is 1.29. The summed E-state index contributed by atoms with van der Waals surface area (Å²) in [5.74, 6) is -0.993. The summed E-state index contributed by atoms with van der Waals surface area (Å²) in [7, 11) is 1.73. The van der Waals surface area contributed by atoms with Crippen molar-refractivity contribution in [2.24, 2.45) is 0 Å². The van der Waals surface area contributed by atoms with Gasteiger partial charge in [-0.25, -0.2) is 4.79 Å². The molecule has 0 radical (unpaired) electrons. The molecule has 1 amide bonds. The summed E-state index contributed by atoms with van der Waals surface area (Å²) in [6.07, 6.45) is 1.62. The van der Waals surface area contributed by atoms with Crippen LogP contribution in [-0.2, 0) is 11.2 Å². The number of aromatic amines is 1. The van der Waals surface area contributed by atoms with Gasteiger partial charge in [0.25, 0.3) is 0 Å². The highest BCUT2D eigenvalue weighted by Crippen LogP contribution is 2.32. The van der Waals surface area contributed by atoms with Crippen LogP contribution >= 0.6 is 0 Å². The number of nitrogens with zero attached hydrogens (tertiary/aromatic N) is 2. The summed E-state index contributed by atoms with van der Waals surface area (Å²) in [5, 5.41) is 15.5. The first kappa shape index (κ1) is 11.5. The molecule has 2 N–H and O–H groups in total. The second-order valence-corrected chi connectivity index (χ2v) is 4.44. The number of aromatic nitrogens is 2. The van der Waals surface area contributed by atoms with Crippen LogP contribution < -0.4 is 4.90 Å². The lowest BCUT2D eigenvalue weighted by atomic mass is 10.0. The standard InChI is InChI=1S/C13H11N3O3/c1-16-10-3-2-7(4-8(10)5-11(16)17)12-9(13(18)19)6-14-15-12/h2-4,6H,5H2,1H3,(H,14,15)(H,18,19). The molecule has 0 unspecified atom stereocenters. The van der Waals surface area contributed by atoms with Gasteiger partial charge in [-0.15, -0.1) is 0 Å². The third-order valence-corrected chi connectivity index (χ3v) is 3.32. The van der Waals surface area contributed by atoms with Crippen LogP contribution in [0.1, 0.15) is 15.9 Å². The summed E-state index contributed by atoms with van der Waals surface area (Å²) in [6, 6.07) is 5.44. The van der Waals surface area contributed by atoms with Gasteiger partial charge in [0.05, 0.1) is 18.3 Å². The van der Waals surface area contributed by atoms with Gasteiger partial charge in [0.15, 0.2) is 0 Å². The maximum absolute atomic E-state index is 11.6. The fourth-order valence-corrected chi connectivity index (χ4v) is 2.29. The number of carboxylic acid groups (broad SMARTS) is 1. The topological polar surface area (TPSA) is 86.3 Å². The predicted molar refractivity (Wildman–Crippen MR) is 68.1 cm³/mol. The van der Waals surface area contributed by atoms with Crippen molar-refractivity contribution in [1.82, 2.24) is 10.2 Å². The van der Waals surface area contributed by atoms with Crippen LogP contribution in [0.2, 0.25) is 0 Å². The van der Waals surface area contributed by atoms with E-state index in [1.54, 1.807) is 18.0 Å². The number of likely N-dealkylation sites (N-methyl/N-ethyl adjacent to an activating group) is 1. The van der Waals surface area contributed by atoms with Crippen molar-refractivity contribution in [2.45, 2.75) is 6.42 Å². The van der Waals surface area contributed by atoms with Crippen LogP contribution in [-0.4, -0.2) is 34.2 Å². The number of nitrogens with one attached hydrogen (secondary N) is 1. The van der Waals surface area contributed by atoms with Gasteiger partial charge in [0.1, 0.15) is 5.56 Å². The fraction of sp³-hybridized carbons (Fsp3) is 0.154. The van der Waals surface area contributed by atoms with E-state index in [1.165, 1.54) is 6.20 Å². The van der Waals surface area contributed by atoms with E-state index < -0.39 is 5.97 Å². The number of carbonyl (C=O) groups excluding carboxylic acids is 1. The Bertz CT molecular complexity index is 690. The number of benzene rings is 1. The summed E-state index contributed by atoms with van der Waals surface area (Å²) in [4.78, 5) is 24.3. The lowest BCUT2D eigenvalue weighted by Gasteiger charge is -2.10. The number of carbonyl (C=O) groups is 2. The molecule has 1 aliphatic heterocycles. The minimum Gasteiger partial charge on any atom is -0.478 e. The number of aromatic carboxylic acids is 1. The lowest BCUT2D eigenvalue weighted by molar-refractivity contribution is -0.117. The van der Waals surface area contributed by atoms with Gasteiger partial charge in [-0.3, -0.25) is 9.89 Å². The van der Waals surface area contributed by atoms with Gasteiger partial charge in [-0.1, -0.05) is 6.07 Å². The molecule has 1 aromatic carbocycles. The molecule has 1 aliphatic rings. The Morgan fingerprint density at radius 3 is 3.00 bits per heavy atom. The van der Waals surface area contributed by atoms with E-state index in [2.05, 4.69) is 10.2 Å². The Hall–Kier alpha value is -2.63. The molecule has 1 aromatic heterocycles. The zero-order valence-electron chi connectivity index (χ0n) is 10.2. The molecule has 0 bridgehead atoms.